The highest BCUT2D eigenvalue weighted by atomic mass is 16.2. The minimum atomic E-state index is -0.163. The Balaban J connectivity index is 1.15. The Hall–Kier alpha value is -3.75. The highest BCUT2D eigenvalue weighted by molar-refractivity contribution is 5.94. The van der Waals surface area contributed by atoms with Gasteiger partial charge >= 0.3 is 0 Å². The maximum atomic E-state index is 13.0. The Morgan fingerprint density at radius 3 is 2.91 bits per heavy atom. The summed E-state index contributed by atoms with van der Waals surface area (Å²) in [7, 11) is 0. The number of aromatic nitrogens is 3. The van der Waals surface area contributed by atoms with Gasteiger partial charge in [-0.1, -0.05) is 12.1 Å². The standard InChI is InChI=1S/C25H28N6O3/c32-22-6-2-9-30(22)10-3-8-26-25(34)18-5-1-4-17(12-18)13-23(33)31-11-7-20-19(16-31)14-27-24-21(20)15-28-29-24/h1,4-5,12,14-15H,2-3,6-11,13,16H2,(H,26,34)(H,27,28,29). The van der Waals surface area contributed by atoms with Crippen molar-refractivity contribution in [2.75, 3.05) is 26.2 Å². The van der Waals surface area contributed by atoms with Gasteiger partial charge in [-0.15, -0.1) is 0 Å². The summed E-state index contributed by atoms with van der Waals surface area (Å²) in [6, 6.07) is 7.23. The van der Waals surface area contributed by atoms with Crippen molar-refractivity contribution in [3.8, 4) is 0 Å². The molecular formula is C25H28N6O3. The van der Waals surface area contributed by atoms with Crippen LogP contribution in [0.3, 0.4) is 0 Å². The summed E-state index contributed by atoms with van der Waals surface area (Å²) in [6.45, 7) is 3.18. The first-order chi connectivity index (χ1) is 16.6. The molecule has 1 aromatic carbocycles. The fourth-order valence-electron chi connectivity index (χ4n) is 4.79. The summed E-state index contributed by atoms with van der Waals surface area (Å²) >= 11 is 0. The van der Waals surface area contributed by atoms with Crippen LogP contribution < -0.4 is 5.32 Å². The van der Waals surface area contributed by atoms with Crippen LogP contribution in [0.4, 0.5) is 0 Å². The highest BCUT2D eigenvalue weighted by Crippen LogP contribution is 2.25. The summed E-state index contributed by atoms with van der Waals surface area (Å²) in [6.07, 6.45) is 6.91. The number of nitrogens with zero attached hydrogens (tertiary/aromatic N) is 4. The van der Waals surface area contributed by atoms with Gasteiger partial charge in [-0.3, -0.25) is 19.5 Å². The van der Waals surface area contributed by atoms with Crippen molar-refractivity contribution in [1.29, 1.82) is 0 Å². The number of fused-ring (bicyclic) bond motifs is 3. The molecule has 5 rings (SSSR count). The van der Waals surface area contributed by atoms with Gasteiger partial charge < -0.3 is 15.1 Å². The predicted octanol–water partition coefficient (Wildman–Crippen LogP) is 1.83. The Labute approximate surface area is 197 Å². The lowest BCUT2D eigenvalue weighted by Gasteiger charge is -2.29. The summed E-state index contributed by atoms with van der Waals surface area (Å²) in [5, 5.41) is 10.9. The molecule has 0 bridgehead atoms. The number of aromatic amines is 1. The van der Waals surface area contributed by atoms with Gasteiger partial charge in [0.05, 0.1) is 12.6 Å². The molecule has 3 aromatic rings. The van der Waals surface area contributed by atoms with Crippen molar-refractivity contribution in [2.45, 2.75) is 38.6 Å². The monoisotopic (exact) mass is 460 g/mol. The molecule has 1 saturated heterocycles. The Morgan fingerprint density at radius 2 is 2.06 bits per heavy atom. The molecule has 2 aliphatic heterocycles. The summed E-state index contributed by atoms with van der Waals surface area (Å²) in [5.74, 6) is 0.0712. The molecule has 9 heteroatoms. The molecule has 2 aromatic heterocycles. The third-order valence-corrected chi connectivity index (χ3v) is 6.63. The zero-order valence-electron chi connectivity index (χ0n) is 19.0. The van der Waals surface area contributed by atoms with E-state index in [2.05, 4.69) is 20.5 Å². The SMILES string of the molecule is O=C(NCCCN1CCCC1=O)c1cccc(CC(=O)N2CCc3c(cnc4[nH]ncc34)C2)c1. The molecule has 2 aliphatic rings. The molecule has 1 fully saturated rings. The molecule has 0 aliphatic carbocycles. The topological polar surface area (TPSA) is 111 Å². The summed E-state index contributed by atoms with van der Waals surface area (Å²) in [4.78, 5) is 45.3. The van der Waals surface area contributed by atoms with Crippen molar-refractivity contribution < 1.29 is 14.4 Å². The zero-order chi connectivity index (χ0) is 23.5. The van der Waals surface area contributed by atoms with Gasteiger partial charge in [0, 0.05) is 56.3 Å². The maximum absolute atomic E-state index is 13.0. The van der Waals surface area contributed by atoms with E-state index in [4.69, 9.17) is 0 Å². The van der Waals surface area contributed by atoms with Crippen molar-refractivity contribution in [3.63, 3.8) is 0 Å². The number of rotatable bonds is 7. The number of amides is 3. The molecule has 34 heavy (non-hydrogen) atoms. The number of carbonyl (C=O) groups excluding carboxylic acids is 3. The van der Waals surface area contributed by atoms with E-state index in [1.54, 1.807) is 18.3 Å². The van der Waals surface area contributed by atoms with E-state index in [0.29, 0.717) is 38.2 Å². The van der Waals surface area contributed by atoms with Crippen molar-refractivity contribution in [1.82, 2.24) is 30.3 Å². The van der Waals surface area contributed by atoms with Gasteiger partial charge in [0.15, 0.2) is 5.65 Å². The number of H-pyrrole nitrogens is 1. The van der Waals surface area contributed by atoms with Crippen LogP contribution in [0.1, 0.15) is 46.3 Å². The third kappa shape index (κ3) is 4.64. The Morgan fingerprint density at radius 1 is 1.15 bits per heavy atom. The quantitative estimate of drug-likeness (QED) is 0.523. The Bertz CT molecular complexity index is 1240. The predicted molar refractivity (Wildman–Crippen MR) is 126 cm³/mol. The number of hydrogen-bond donors (Lipinski definition) is 2. The number of nitrogens with one attached hydrogen (secondary N) is 2. The fraction of sp³-hybridized carbons (Fsp3) is 0.400. The van der Waals surface area contributed by atoms with Gasteiger partial charge in [0.25, 0.3) is 5.91 Å². The first-order valence-electron chi connectivity index (χ1n) is 11.8. The van der Waals surface area contributed by atoms with E-state index in [1.807, 2.05) is 28.1 Å². The van der Waals surface area contributed by atoms with Crippen molar-refractivity contribution >= 4 is 28.8 Å². The van der Waals surface area contributed by atoms with Gasteiger partial charge in [-0.25, -0.2) is 4.98 Å². The second-order valence-corrected chi connectivity index (χ2v) is 8.93. The van der Waals surface area contributed by atoms with E-state index in [-0.39, 0.29) is 24.1 Å². The van der Waals surface area contributed by atoms with Crippen LogP contribution in [-0.2, 0) is 29.0 Å². The van der Waals surface area contributed by atoms with Gasteiger partial charge in [0.2, 0.25) is 11.8 Å². The molecule has 9 nitrogen and oxygen atoms in total. The number of benzene rings is 1. The molecular weight excluding hydrogens is 432 g/mol. The summed E-state index contributed by atoms with van der Waals surface area (Å²) < 4.78 is 0. The maximum Gasteiger partial charge on any atom is 0.251 e. The van der Waals surface area contributed by atoms with E-state index in [9.17, 15) is 14.4 Å². The second-order valence-electron chi connectivity index (χ2n) is 8.93. The average Bonchev–Trinajstić information content (AvgIpc) is 3.50. The lowest BCUT2D eigenvalue weighted by molar-refractivity contribution is -0.131. The normalized spacial score (nSPS) is 15.6. The number of hydrogen-bond acceptors (Lipinski definition) is 5. The van der Waals surface area contributed by atoms with Crippen LogP contribution >= 0.6 is 0 Å². The van der Waals surface area contributed by atoms with Crippen LogP contribution in [-0.4, -0.2) is 68.9 Å². The van der Waals surface area contributed by atoms with E-state index >= 15 is 0 Å². The zero-order valence-corrected chi connectivity index (χ0v) is 19.0. The molecule has 0 unspecified atom stereocenters. The number of pyridine rings is 1. The van der Waals surface area contributed by atoms with E-state index in [1.165, 1.54) is 5.56 Å². The van der Waals surface area contributed by atoms with Crippen molar-refractivity contribution in [3.05, 3.63) is 58.9 Å². The molecule has 4 heterocycles. The molecule has 0 spiro atoms. The average molecular weight is 461 g/mol. The van der Waals surface area contributed by atoms with Crippen LogP contribution in [0.25, 0.3) is 11.0 Å². The minimum absolute atomic E-state index is 0.0331. The Kier molecular flexibility index (Phi) is 6.24. The summed E-state index contributed by atoms with van der Waals surface area (Å²) in [5.41, 5.74) is 4.39. The van der Waals surface area contributed by atoms with Gasteiger partial charge in [0.1, 0.15) is 0 Å². The largest absolute Gasteiger partial charge is 0.352 e. The number of carbonyl (C=O) groups is 3. The van der Waals surface area contributed by atoms with E-state index in [0.717, 1.165) is 48.0 Å². The molecule has 0 radical (unpaired) electrons. The van der Waals surface area contributed by atoms with Crippen LogP contribution in [0.2, 0.25) is 0 Å². The van der Waals surface area contributed by atoms with Crippen LogP contribution in [0.15, 0.2) is 36.7 Å². The smallest absolute Gasteiger partial charge is 0.251 e. The van der Waals surface area contributed by atoms with Gasteiger partial charge in [-0.2, -0.15) is 5.10 Å². The van der Waals surface area contributed by atoms with Crippen LogP contribution in [0, 0.1) is 0 Å². The lowest BCUT2D eigenvalue weighted by atomic mass is 9.98. The molecule has 0 saturated carbocycles. The lowest BCUT2D eigenvalue weighted by Crippen LogP contribution is -2.37. The second kappa shape index (κ2) is 9.62. The molecule has 0 atom stereocenters. The molecule has 176 valence electrons. The van der Waals surface area contributed by atoms with Crippen molar-refractivity contribution in [2.24, 2.45) is 0 Å². The minimum Gasteiger partial charge on any atom is -0.352 e. The highest BCUT2D eigenvalue weighted by Gasteiger charge is 2.23. The first kappa shape index (κ1) is 22.1. The third-order valence-electron chi connectivity index (χ3n) is 6.63. The fourth-order valence-corrected chi connectivity index (χ4v) is 4.79. The molecule has 3 amide bonds. The van der Waals surface area contributed by atoms with Gasteiger partial charge in [-0.05, 0) is 48.1 Å². The number of likely N-dealkylation sites (tertiary alicyclic amines) is 1. The van der Waals surface area contributed by atoms with Crippen LogP contribution in [0.5, 0.6) is 0 Å². The molecule has 2 N–H and O–H groups in total. The van der Waals surface area contributed by atoms with E-state index < -0.39 is 0 Å². The first-order valence-corrected chi connectivity index (χ1v) is 11.8.